The predicted octanol–water partition coefficient (Wildman–Crippen LogP) is 26.5. The zero-order chi connectivity index (χ0) is 65.4. The van der Waals surface area contributed by atoms with Crippen LogP contribution in [0, 0.1) is 20.8 Å². The monoisotopic (exact) mass is 1260 g/mol. The number of aryl methyl sites for hydroxylation is 3. The SMILES string of the molecule is Cc1ccc(N(c2ccccc2)c2cc3ccccc3c3c2oc2c(N(c4ccccc4)c4ccc(Cc5ccc(N(c6ccccc6)c6cc7ccccc7c7c6oc6c(N(c8ccccc8)c8cccc(C)c8)cc8ccccc8c67)cc5C)cc4)cc4ccccc4c23)cc1. The summed E-state index contributed by atoms with van der Waals surface area (Å²) in [5.41, 5.74) is 21.5. The zero-order valence-electron chi connectivity index (χ0n) is 54.6. The molecule has 0 amide bonds. The van der Waals surface area contributed by atoms with E-state index in [-0.39, 0.29) is 0 Å². The molecule has 2 heterocycles. The summed E-state index contributed by atoms with van der Waals surface area (Å²) in [7, 11) is 0. The van der Waals surface area contributed by atoms with Crippen molar-refractivity contribution in [2.45, 2.75) is 27.2 Å². The van der Waals surface area contributed by atoms with Gasteiger partial charge in [0.05, 0.1) is 22.7 Å². The Morgan fingerprint density at radius 2 is 0.531 bits per heavy atom. The average Bonchev–Trinajstić information content (AvgIpc) is 1.55. The molecular weight excluding hydrogens is 1190 g/mol. The Balaban J connectivity index is 0.759. The molecule has 0 aliphatic heterocycles. The third-order valence-electron chi connectivity index (χ3n) is 19.6. The van der Waals surface area contributed by atoms with Crippen LogP contribution in [0.4, 0.5) is 68.2 Å². The molecule has 0 saturated heterocycles. The Morgan fingerprint density at radius 3 is 0.888 bits per heavy atom. The van der Waals surface area contributed by atoms with Gasteiger partial charge in [0.25, 0.3) is 0 Å². The second kappa shape index (κ2) is 24.0. The maximum Gasteiger partial charge on any atom is 0.160 e. The van der Waals surface area contributed by atoms with E-state index in [0.29, 0.717) is 0 Å². The third-order valence-corrected chi connectivity index (χ3v) is 19.6. The van der Waals surface area contributed by atoms with Gasteiger partial charge in [0.2, 0.25) is 0 Å². The first kappa shape index (κ1) is 58.0. The summed E-state index contributed by atoms with van der Waals surface area (Å²) in [4.78, 5) is 9.45. The molecule has 98 heavy (non-hydrogen) atoms. The molecule has 0 aliphatic rings. The lowest BCUT2D eigenvalue weighted by Gasteiger charge is -2.27. The second-order valence-corrected chi connectivity index (χ2v) is 25.8. The van der Waals surface area contributed by atoms with Crippen molar-refractivity contribution in [2.24, 2.45) is 0 Å². The Morgan fingerprint density at radius 1 is 0.235 bits per heavy atom. The summed E-state index contributed by atoms with van der Waals surface area (Å²) in [5, 5.41) is 13.4. The van der Waals surface area contributed by atoms with Crippen molar-refractivity contribution in [3.63, 3.8) is 0 Å². The Labute approximate surface area is 568 Å². The maximum atomic E-state index is 7.65. The van der Waals surface area contributed by atoms with Crippen molar-refractivity contribution in [3.8, 4) is 0 Å². The van der Waals surface area contributed by atoms with E-state index in [4.69, 9.17) is 8.83 Å². The number of furan rings is 2. The van der Waals surface area contributed by atoms with E-state index in [9.17, 15) is 0 Å². The van der Waals surface area contributed by atoms with Gasteiger partial charge in [-0.2, -0.15) is 0 Å². The van der Waals surface area contributed by atoms with Crippen LogP contribution in [0.1, 0.15) is 27.8 Å². The first-order valence-electron chi connectivity index (χ1n) is 33.7. The number of fused-ring (bicyclic) bond motifs is 14. The van der Waals surface area contributed by atoms with Crippen LogP contribution in [-0.4, -0.2) is 0 Å². The minimum Gasteiger partial charge on any atom is -0.452 e. The number of rotatable bonds is 14. The molecule has 0 atom stereocenters. The minimum atomic E-state index is 0.736. The van der Waals surface area contributed by atoms with Gasteiger partial charge in [0.1, 0.15) is 0 Å². The average molecular weight is 1260 g/mol. The van der Waals surface area contributed by atoms with Crippen molar-refractivity contribution >= 4 is 155 Å². The topological polar surface area (TPSA) is 39.2 Å². The van der Waals surface area contributed by atoms with Crippen LogP contribution in [0.3, 0.4) is 0 Å². The normalized spacial score (nSPS) is 11.7. The number of anilines is 12. The van der Waals surface area contributed by atoms with E-state index >= 15 is 0 Å². The summed E-state index contributed by atoms with van der Waals surface area (Å²) < 4.78 is 15.3. The lowest BCUT2D eigenvalue weighted by molar-refractivity contribution is 0.669. The van der Waals surface area contributed by atoms with Gasteiger partial charge >= 0.3 is 0 Å². The molecule has 0 N–H and O–H groups in total. The van der Waals surface area contributed by atoms with Gasteiger partial charge in [0, 0.05) is 67.0 Å². The molecule has 16 aromatic carbocycles. The molecule has 0 radical (unpaired) electrons. The van der Waals surface area contributed by atoms with E-state index < -0.39 is 0 Å². The molecule has 466 valence electrons. The predicted molar refractivity (Wildman–Crippen MR) is 413 cm³/mol. The van der Waals surface area contributed by atoms with Gasteiger partial charge in [-0.25, -0.2) is 0 Å². The first-order valence-corrected chi connectivity index (χ1v) is 33.7. The molecular formula is C92H66N4O2. The third kappa shape index (κ3) is 9.95. The van der Waals surface area contributed by atoms with E-state index in [2.05, 4.69) is 374 Å². The lowest BCUT2D eigenvalue weighted by Crippen LogP contribution is -2.11. The molecule has 0 bridgehead atoms. The van der Waals surface area contributed by atoms with Crippen LogP contribution < -0.4 is 19.6 Å². The molecule has 18 rings (SSSR count). The molecule has 6 heteroatoms. The number of nitrogens with zero attached hydrogens (tertiary/aromatic N) is 4. The van der Waals surface area contributed by atoms with Gasteiger partial charge in [-0.3, -0.25) is 0 Å². The number of hydrogen-bond donors (Lipinski definition) is 0. The zero-order valence-corrected chi connectivity index (χ0v) is 54.6. The van der Waals surface area contributed by atoms with Crippen molar-refractivity contribution in [3.05, 3.63) is 361 Å². The smallest absolute Gasteiger partial charge is 0.160 e. The van der Waals surface area contributed by atoms with E-state index in [1.54, 1.807) is 0 Å². The van der Waals surface area contributed by atoms with Gasteiger partial charge in [-0.05, 0) is 214 Å². The van der Waals surface area contributed by atoms with Crippen LogP contribution in [0.25, 0.3) is 87.0 Å². The van der Waals surface area contributed by atoms with Crippen LogP contribution in [-0.2, 0) is 6.42 Å². The fourth-order valence-corrected chi connectivity index (χ4v) is 15.0. The Kier molecular flexibility index (Phi) is 14.2. The first-order chi connectivity index (χ1) is 48.3. The molecule has 2 aromatic heterocycles. The largest absolute Gasteiger partial charge is 0.452 e. The molecule has 0 aliphatic carbocycles. The van der Waals surface area contributed by atoms with Crippen LogP contribution >= 0.6 is 0 Å². The number of para-hydroxylation sites is 4. The maximum absolute atomic E-state index is 7.65. The van der Waals surface area contributed by atoms with E-state index in [0.717, 1.165) is 162 Å². The minimum absolute atomic E-state index is 0.736. The van der Waals surface area contributed by atoms with Crippen LogP contribution in [0.15, 0.2) is 342 Å². The highest BCUT2D eigenvalue weighted by atomic mass is 16.3. The summed E-state index contributed by atoms with van der Waals surface area (Å²) in [6, 6.07) is 121. The fraction of sp³-hybridized carbons (Fsp3) is 0.0435. The van der Waals surface area contributed by atoms with Crippen molar-refractivity contribution < 1.29 is 8.83 Å². The Hall–Kier alpha value is -12.6. The molecule has 0 unspecified atom stereocenters. The second-order valence-electron chi connectivity index (χ2n) is 25.8. The van der Waals surface area contributed by atoms with Crippen molar-refractivity contribution in [1.29, 1.82) is 0 Å². The Bertz CT molecular complexity index is 6070. The highest BCUT2D eigenvalue weighted by Gasteiger charge is 2.30. The van der Waals surface area contributed by atoms with Gasteiger partial charge in [0.15, 0.2) is 22.3 Å². The van der Waals surface area contributed by atoms with Crippen LogP contribution in [0.2, 0.25) is 0 Å². The molecule has 6 nitrogen and oxygen atoms in total. The summed E-state index contributed by atoms with van der Waals surface area (Å²) in [6.45, 7) is 6.54. The summed E-state index contributed by atoms with van der Waals surface area (Å²) in [6.07, 6.45) is 0.736. The lowest BCUT2D eigenvalue weighted by atomic mass is 9.96. The summed E-state index contributed by atoms with van der Waals surface area (Å²) in [5.74, 6) is 0. The fourth-order valence-electron chi connectivity index (χ4n) is 15.0. The molecule has 0 saturated carbocycles. The van der Waals surface area contributed by atoms with Gasteiger partial charge in [-0.1, -0.05) is 218 Å². The molecule has 18 aromatic rings. The van der Waals surface area contributed by atoms with Crippen LogP contribution in [0.5, 0.6) is 0 Å². The number of benzene rings is 16. The van der Waals surface area contributed by atoms with Gasteiger partial charge in [-0.15, -0.1) is 0 Å². The number of hydrogen-bond acceptors (Lipinski definition) is 6. The standard InChI is InChI=1S/C92H66N4O2/c1-60-43-48-73(49-44-60)93(69-30-8-4-9-31-69)81-56-65-26-16-20-39-77(65)85-86-78-40-21-17-27-66(78)57-82(90(86)97-89(81)85)94(70-32-10-5-11-33-70)74-50-45-63(46-51-74)55-64-47-52-76(54-62(64)3)96(72-36-14-7-15-37-72)84-59-68-29-19-23-42-80(68)88-87-79-41-22-18-28-67(79)58-83(91(87)98-92(84)88)95(71-34-12-6-13-35-71)75-38-24-25-61(2)53-75/h4-54,56-59H,55H2,1-3H3. The summed E-state index contributed by atoms with van der Waals surface area (Å²) >= 11 is 0. The van der Waals surface area contributed by atoms with E-state index in [1.165, 1.54) is 27.8 Å². The highest BCUT2D eigenvalue weighted by Crippen LogP contribution is 2.54. The quantitative estimate of drug-likeness (QED) is 0.108. The van der Waals surface area contributed by atoms with Crippen molar-refractivity contribution in [1.82, 2.24) is 0 Å². The molecule has 0 spiro atoms. The van der Waals surface area contributed by atoms with Gasteiger partial charge < -0.3 is 28.4 Å². The van der Waals surface area contributed by atoms with E-state index in [1.807, 2.05) is 0 Å². The highest BCUT2D eigenvalue weighted by molar-refractivity contribution is 6.33. The van der Waals surface area contributed by atoms with Crippen molar-refractivity contribution in [2.75, 3.05) is 19.6 Å². The molecule has 0 fully saturated rings.